The van der Waals surface area contributed by atoms with Gasteiger partial charge in [-0.3, -0.25) is 14.5 Å². The fourth-order valence-corrected chi connectivity index (χ4v) is 4.31. The van der Waals surface area contributed by atoms with Crippen molar-refractivity contribution in [2.75, 3.05) is 39.3 Å². The number of amides is 2. The van der Waals surface area contributed by atoms with Crippen molar-refractivity contribution >= 4 is 11.8 Å². The monoisotopic (exact) mass is 372 g/mol. The molecule has 2 amide bonds. The van der Waals surface area contributed by atoms with Gasteiger partial charge in [0.25, 0.3) is 0 Å². The van der Waals surface area contributed by atoms with E-state index in [0.717, 1.165) is 52.0 Å². The maximum absolute atomic E-state index is 12.2. The predicted octanol–water partition coefficient (Wildman–Crippen LogP) is 1.01. The minimum absolute atomic E-state index is 0.0192. The van der Waals surface area contributed by atoms with Gasteiger partial charge in [0, 0.05) is 19.1 Å². The van der Waals surface area contributed by atoms with Crippen LogP contribution in [0.2, 0.25) is 0 Å². The molecule has 1 aromatic carbocycles. The van der Waals surface area contributed by atoms with E-state index in [1.54, 1.807) is 0 Å². The van der Waals surface area contributed by atoms with E-state index >= 15 is 0 Å². The van der Waals surface area contributed by atoms with Crippen LogP contribution in [0.5, 0.6) is 0 Å². The maximum Gasteiger partial charge on any atom is 0.236 e. The van der Waals surface area contributed by atoms with Crippen molar-refractivity contribution in [1.82, 2.24) is 15.1 Å². The molecular formula is C21H32N4O2. The summed E-state index contributed by atoms with van der Waals surface area (Å²) in [5.41, 5.74) is 6.52. The molecule has 1 atom stereocenters. The maximum atomic E-state index is 12.2. The number of benzene rings is 1. The van der Waals surface area contributed by atoms with Gasteiger partial charge >= 0.3 is 0 Å². The first-order valence-electron chi connectivity index (χ1n) is 10.2. The fourth-order valence-electron chi connectivity index (χ4n) is 4.31. The number of nitrogens with zero attached hydrogens (tertiary/aromatic N) is 2. The molecule has 2 aliphatic rings. The van der Waals surface area contributed by atoms with Gasteiger partial charge < -0.3 is 16.0 Å². The normalized spacial score (nSPS) is 22.4. The highest BCUT2D eigenvalue weighted by molar-refractivity contribution is 5.85. The Balaban J connectivity index is 1.40. The first kappa shape index (κ1) is 19.8. The van der Waals surface area contributed by atoms with Crippen molar-refractivity contribution < 1.29 is 9.59 Å². The second-order valence-electron chi connectivity index (χ2n) is 7.83. The quantitative estimate of drug-likeness (QED) is 0.749. The summed E-state index contributed by atoms with van der Waals surface area (Å²) in [4.78, 5) is 28.2. The number of hydrogen-bond donors (Lipinski definition) is 2. The summed E-state index contributed by atoms with van der Waals surface area (Å²) in [6, 6.07) is 11.2. The average molecular weight is 373 g/mol. The SMILES string of the molecule is NC(=O)CNC(=O)C1CCCN(C2CCN(CCc3ccccc3)CC2)C1. The first-order valence-corrected chi connectivity index (χ1v) is 10.2. The number of nitrogens with one attached hydrogen (secondary N) is 1. The van der Waals surface area contributed by atoms with Crippen molar-refractivity contribution in [3.05, 3.63) is 35.9 Å². The molecule has 0 bridgehead atoms. The van der Waals surface area contributed by atoms with E-state index in [-0.39, 0.29) is 18.4 Å². The van der Waals surface area contributed by atoms with Crippen LogP contribution in [0.3, 0.4) is 0 Å². The lowest BCUT2D eigenvalue weighted by molar-refractivity contribution is -0.129. The van der Waals surface area contributed by atoms with E-state index in [4.69, 9.17) is 5.73 Å². The Morgan fingerprint density at radius 2 is 1.81 bits per heavy atom. The molecule has 27 heavy (non-hydrogen) atoms. The topological polar surface area (TPSA) is 78.7 Å². The molecule has 6 nitrogen and oxygen atoms in total. The van der Waals surface area contributed by atoms with Crippen LogP contribution >= 0.6 is 0 Å². The lowest BCUT2D eigenvalue weighted by Crippen LogP contribution is -2.51. The standard InChI is InChI=1S/C21H32N4O2/c22-20(26)15-23-21(27)18-7-4-11-25(16-18)19-9-13-24(14-10-19)12-8-17-5-2-1-3-6-17/h1-3,5-6,18-19H,4,7-16H2,(H2,22,26)(H,23,27). The third-order valence-corrected chi connectivity index (χ3v) is 5.89. The number of rotatable bonds is 7. The highest BCUT2D eigenvalue weighted by Gasteiger charge is 2.31. The largest absolute Gasteiger partial charge is 0.368 e. The van der Waals surface area contributed by atoms with Crippen LogP contribution in [0.25, 0.3) is 0 Å². The van der Waals surface area contributed by atoms with Gasteiger partial charge in [-0.05, 0) is 57.3 Å². The summed E-state index contributed by atoms with van der Waals surface area (Å²) >= 11 is 0. The molecule has 0 saturated carbocycles. The Morgan fingerprint density at radius 1 is 1.07 bits per heavy atom. The van der Waals surface area contributed by atoms with Crippen LogP contribution in [0.15, 0.2) is 30.3 Å². The van der Waals surface area contributed by atoms with Crippen molar-refractivity contribution in [3.63, 3.8) is 0 Å². The Kier molecular flexibility index (Phi) is 7.24. The van der Waals surface area contributed by atoms with Gasteiger partial charge in [0.05, 0.1) is 12.5 Å². The van der Waals surface area contributed by atoms with Crippen LogP contribution < -0.4 is 11.1 Å². The Morgan fingerprint density at radius 3 is 2.52 bits per heavy atom. The zero-order chi connectivity index (χ0) is 19.1. The smallest absolute Gasteiger partial charge is 0.236 e. The van der Waals surface area contributed by atoms with Gasteiger partial charge in [-0.1, -0.05) is 30.3 Å². The van der Waals surface area contributed by atoms with E-state index in [1.165, 1.54) is 18.4 Å². The summed E-state index contributed by atoms with van der Waals surface area (Å²) in [5, 5.41) is 2.67. The van der Waals surface area contributed by atoms with Crippen molar-refractivity contribution in [2.45, 2.75) is 38.1 Å². The zero-order valence-corrected chi connectivity index (χ0v) is 16.1. The van der Waals surface area contributed by atoms with Gasteiger partial charge in [-0.25, -0.2) is 0 Å². The lowest BCUT2D eigenvalue weighted by atomic mass is 9.93. The molecule has 1 aromatic rings. The number of hydrogen-bond acceptors (Lipinski definition) is 4. The Hall–Kier alpha value is -1.92. The molecule has 1 unspecified atom stereocenters. The van der Waals surface area contributed by atoms with E-state index in [0.29, 0.717) is 6.04 Å². The summed E-state index contributed by atoms with van der Waals surface area (Å²) in [5.74, 6) is -0.535. The second kappa shape index (κ2) is 9.85. The molecule has 6 heteroatoms. The first-order chi connectivity index (χ1) is 13.1. The molecule has 148 valence electrons. The summed E-state index contributed by atoms with van der Waals surface area (Å²) in [6.07, 6.45) is 5.39. The van der Waals surface area contributed by atoms with E-state index < -0.39 is 5.91 Å². The van der Waals surface area contributed by atoms with Crippen molar-refractivity contribution in [3.8, 4) is 0 Å². The molecule has 3 rings (SSSR count). The minimum atomic E-state index is -0.487. The van der Waals surface area contributed by atoms with Gasteiger partial charge in [-0.2, -0.15) is 0 Å². The molecule has 2 saturated heterocycles. The summed E-state index contributed by atoms with van der Waals surface area (Å²) in [7, 11) is 0. The number of primary amides is 1. The van der Waals surface area contributed by atoms with E-state index in [2.05, 4.69) is 45.4 Å². The van der Waals surface area contributed by atoms with Gasteiger partial charge in [0.1, 0.15) is 0 Å². The summed E-state index contributed by atoms with van der Waals surface area (Å²) in [6.45, 7) is 5.21. The number of carbonyl (C=O) groups is 2. The highest BCUT2D eigenvalue weighted by atomic mass is 16.2. The summed E-state index contributed by atoms with van der Waals surface area (Å²) < 4.78 is 0. The second-order valence-corrected chi connectivity index (χ2v) is 7.83. The van der Waals surface area contributed by atoms with E-state index in [9.17, 15) is 9.59 Å². The van der Waals surface area contributed by atoms with Crippen LogP contribution in [0, 0.1) is 5.92 Å². The molecule has 2 fully saturated rings. The Labute approximate surface area is 162 Å². The molecule has 3 N–H and O–H groups in total. The zero-order valence-electron chi connectivity index (χ0n) is 16.1. The fraction of sp³-hybridized carbons (Fsp3) is 0.619. The third-order valence-electron chi connectivity index (χ3n) is 5.89. The van der Waals surface area contributed by atoms with Crippen LogP contribution in [0.4, 0.5) is 0 Å². The molecule has 0 spiro atoms. The molecule has 0 radical (unpaired) electrons. The number of carbonyl (C=O) groups excluding carboxylic acids is 2. The van der Waals surface area contributed by atoms with Crippen LogP contribution in [-0.4, -0.2) is 66.9 Å². The van der Waals surface area contributed by atoms with Crippen LogP contribution in [0.1, 0.15) is 31.2 Å². The number of nitrogens with two attached hydrogens (primary N) is 1. The third kappa shape index (κ3) is 6.04. The Bertz CT molecular complexity index is 614. The predicted molar refractivity (Wildman–Crippen MR) is 106 cm³/mol. The highest BCUT2D eigenvalue weighted by Crippen LogP contribution is 2.24. The van der Waals surface area contributed by atoms with E-state index in [1.807, 2.05) is 0 Å². The van der Waals surface area contributed by atoms with Crippen molar-refractivity contribution in [1.29, 1.82) is 0 Å². The molecule has 0 aliphatic carbocycles. The minimum Gasteiger partial charge on any atom is -0.368 e. The lowest BCUT2D eigenvalue weighted by Gasteiger charge is -2.42. The van der Waals surface area contributed by atoms with Gasteiger partial charge in [-0.15, -0.1) is 0 Å². The number of piperidine rings is 2. The number of likely N-dealkylation sites (tertiary alicyclic amines) is 2. The molecule has 2 heterocycles. The van der Waals surface area contributed by atoms with Crippen molar-refractivity contribution in [2.24, 2.45) is 11.7 Å². The molecule has 2 aliphatic heterocycles. The molecular weight excluding hydrogens is 340 g/mol. The van der Waals surface area contributed by atoms with Crippen LogP contribution in [-0.2, 0) is 16.0 Å². The average Bonchev–Trinajstić information content (AvgIpc) is 2.71. The van der Waals surface area contributed by atoms with Gasteiger partial charge in [0.15, 0.2) is 0 Å². The van der Waals surface area contributed by atoms with Gasteiger partial charge in [0.2, 0.25) is 11.8 Å². The molecule has 0 aromatic heterocycles.